The lowest BCUT2D eigenvalue weighted by Gasteiger charge is -2.29. The van der Waals surface area contributed by atoms with Gasteiger partial charge in [-0.1, -0.05) is 11.6 Å². The van der Waals surface area contributed by atoms with Crippen LogP contribution in [0.3, 0.4) is 0 Å². The van der Waals surface area contributed by atoms with Gasteiger partial charge in [0.2, 0.25) is 0 Å². The first-order valence-corrected chi connectivity index (χ1v) is 5.49. The largest absolute Gasteiger partial charge is 0.393 e. The summed E-state index contributed by atoms with van der Waals surface area (Å²) in [4.78, 5) is 21.3. The minimum atomic E-state index is -0.297. The highest BCUT2D eigenvalue weighted by atomic mass is 35.5. The normalized spacial score (nSPS) is 17.5. The van der Waals surface area contributed by atoms with E-state index in [9.17, 15) is 9.90 Å². The van der Waals surface area contributed by atoms with Gasteiger partial charge in [-0.3, -0.25) is 9.78 Å². The van der Waals surface area contributed by atoms with Crippen LogP contribution in [0, 0.1) is 0 Å². The first-order chi connectivity index (χ1) is 7.66. The molecular weight excluding hydrogens is 230 g/mol. The molecule has 1 saturated heterocycles. The molecule has 16 heavy (non-hydrogen) atoms. The van der Waals surface area contributed by atoms with E-state index in [4.69, 9.17) is 11.6 Å². The number of nitrogens with zero attached hydrogens (tertiary/aromatic N) is 3. The average Bonchev–Trinajstić information content (AvgIpc) is 2.29. The molecule has 0 aliphatic carbocycles. The number of aliphatic hydroxyl groups excluding tert-OH is 1. The summed E-state index contributed by atoms with van der Waals surface area (Å²) in [5.74, 6) is -0.179. The molecule has 5 nitrogen and oxygen atoms in total. The summed E-state index contributed by atoms with van der Waals surface area (Å²) in [6, 6.07) is 0. The molecule has 1 fully saturated rings. The molecule has 0 aromatic carbocycles. The number of hydrogen-bond acceptors (Lipinski definition) is 4. The van der Waals surface area contributed by atoms with Gasteiger partial charge in [-0.2, -0.15) is 0 Å². The Labute approximate surface area is 98.1 Å². The Kier molecular flexibility index (Phi) is 3.36. The third-order valence-corrected chi connectivity index (χ3v) is 2.76. The zero-order valence-corrected chi connectivity index (χ0v) is 9.39. The van der Waals surface area contributed by atoms with Gasteiger partial charge in [0.15, 0.2) is 0 Å². The summed E-state index contributed by atoms with van der Waals surface area (Å²) in [6.45, 7) is 1.10. The van der Waals surface area contributed by atoms with E-state index in [1.165, 1.54) is 12.4 Å². The van der Waals surface area contributed by atoms with Crippen molar-refractivity contribution in [3.63, 3.8) is 0 Å². The third kappa shape index (κ3) is 2.48. The first kappa shape index (κ1) is 11.3. The number of rotatable bonds is 1. The van der Waals surface area contributed by atoms with Crippen molar-refractivity contribution in [1.82, 2.24) is 14.9 Å². The Balaban J connectivity index is 2.08. The van der Waals surface area contributed by atoms with E-state index >= 15 is 0 Å². The number of hydrogen-bond donors (Lipinski definition) is 1. The Hall–Kier alpha value is -1.20. The van der Waals surface area contributed by atoms with Gasteiger partial charge in [0.25, 0.3) is 5.91 Å². The first-order valence-electron chi connectivity index (χ1n) is 5.11. The van der Waals surface area contributed by atoms with Crippen molar-refractivity contribution in [2.75, 3.05) is 13.1 Å². The van der Waals surface area contributed by atoms with Crippen LogP contribution in [-0.2, 0) is 0 Å². The molecule has 0 spiro atoms. The molecule has 1 aromatic rings. The molecule has 2 heterocycles. The van der Waals surface area contributed by atoms with Gasteiger partial charge in [0.1, 0.15) is 10.8 Å². The van der Waals surface area contributed by atoms with E-state index in [1.54, 1.807) is 4.90 Å². The highest BCUT2D eigenvalue weighted by molar-refractivity contribution is 6.29. The van der Waals surface area contributed by atoms with Crippen molar-refractivity contribution in [2.45, 2.75) is 18.9 Å². The summed E-state index contributed by atoms with van der Waals surface area (Å²) >= 11 is 5.67. The van der Waals surface area contributed by atoms with Gasteiger partial charge in [-0.25, -0.2) is 4.98 Å². The van der Waals surface area contributed by atoms with E-state index in [2.05, 4.69) is 9.97 Å². The van der Waals surface area contributed by atoms with E-state index in [0.29, 0.717) is 25.9 Å². The molecule has 1 aromatic heterocycles. The molecular formula is C10H12ClN3O2. The molecule has 86 valence electrons. The van der Waals surface area contributed by atoms with Crippen LogP contribution in [0.1, 0.15) is 23.3 Å². The third-order valence-electron chi connectivity index (χ3n) is 2.58. The molecule has 6 heteroatoms. The number of amides is 1. The fourth-order valence-corrected chi connectivity index (χ4v) is 1.82. The zero-order valence-electron chi connectivity index (χ0n) is 8.64. The number of piperidine rings is 1. The number of carbonyl (C=O) groups is 1. The summed E-state index contributed by atoms with van der Waals surface area (Å²) in [6.07, 6.45) is 3.71. The standard InChI is InChI=1S/C10H12ClN3O2/c11-9-6-12-5-8(13-9)10(16)14-3-1-7(15)2-4-14/h5-7,15H,1-4H2. The number of aromatic nitrogens is 2. The molecule has 0 atom stereocenters. The second kappa shape index (κ2) is 4.76. The minimum Gasteiger partial charge on any atom is -0.393 e. The van der Waals surface area contributed by atoms with E-state index < -0.39 is 0 Å². The van der Waals surface area contributed by atoms with Crippen LogP contribution in [0.4, 0.5) is 0 Å². The van der Waals surface area contributed by atoms with Crippen molar-refractivity contribution in [3.8, 4) is 0 Å². The molecule has 1 amide bonds. The molecule has 0 unspecified atom stereocenters. The van der Waals surface area contributed by atoms with Crippen molar-refractivity contribution < 1.29 is 9.90 Å². The Morgan fingerprint density at radius 3 is 2.75 bits per heavy atom. The number of aliphatic hydroxyl groups is 1. The second-order valence-corrected chi connectivity index (χ2v) is 4.14. The number of halogens is 1. The van der Waals surface area contributed by atoms with Crippen LogP contribution < -0.4 is 0 Å². The van der Waals surface area contributed by atoms with Gasteiger partial charge in [0, 0.05) is 13.1 Å². The minimum absolute atomic E-state index is 0.179. The summed E-state index contributed by atoms with van der Waals surface area (Å²) in [5, 5.41) is 9.55. The average molecular weight is 242 g/mol. The van der Waals surface area contributed by atoms with Crippen molar-refractivity contribution in [1.29, 1.82) is 0 Å². The van der Waals surface area contributed by atoms with Crippen molar-refractivity contribution in [2.24, 2.45) is 0 Å². The summed E-state index contributed by atoms with van der Waals surface area (Å²) in [5.41, 5.74) is 0.254. The maximum atomic E-state index is 11.9. The Morgan fingerprint density at radius 2 is 2.12 bits per heavy atom. The van der Waals surface area contributed by atoms with E-state index in [-0.39, 0.29) is 22.9 Å². The van der Waals surface area contributed by atoms with Crippen LogP contribution in [0.2, 0.25) is 5.15 Å². The summed E-state index contributed by atoms with van der Waals surface area (Å²) in [7, 11) is 0. The van der Waals surface area contributed by atoms with Crippen LogP contribution in [0.15, 0.2) is 12.4 Å². The molecule has 0 radical (unpaired) electrons. The predicted octanol–water partition coefficient (Wildman–Crippen LogP) is 0.727. The smallest absolute Gasteiger partial charge is 0.274 e. The Morgan fingerprint density at radius 1 is 1.44 bits per heavy atom. The van der Waals surface area contributed by atoms with E-state index in [1.807, 2.05) is 0 Å². The maximum absolute atomic E-state index is 11.9. The molecule has 1 aliphatic heterocycles. The van der Waals surface area contributed by atoms with Crippen LogP contribution in [0.25, 0.3) is 0 Å². The van der Waals surface area contributed by atoms with Gasteiger partial charge in [0.05, 0.1) is 18.5 Å². The maximum Gasteiger partial charge on any atom is 0.274 e. The lowest BCUT2D eigenvalue weighted by atomic mass is 10.1. The number of carbonyl (C=O) groups excluding carboxylic acids is 1. The fourth-order valence-electron chi connectivity index (χ4n) is 1.68. The van der Waals surface area contributed by atoms with Gasteiger partial charge in [-0.15, -0.1) is 0 Å². The fraction of sp³-hybridized carbons (Fsp3) is 0.500. The van der Waals surface area contributed by atoms with Gasteiger partial charge >= 0.3 is 0 Å². The monoisotopic (exact) mass is 241 g/mol. The summed E-state index contributed by atoms with van der Waals surface area (Å²) < 4.78 is 0. The molecule has 0 bridgehead atoms. The quantitative estimate of drug-likeness (QED) is 0.787. The molecule has 2 rings (SSSR count). The van der Waals surface area contributed by atoms with E-state index in [0.717, 1.165) is 0 Å². The number of likely N-dealkylation sites (tertiary alicyclic amines) is 1. The highest BCUT2D eigenvalue weighted by Crippen LogP contribution is 2.13. The van der Waals surface area contributed by atoms with Crippen LogP contribution in [-0.4, -0.2) is 45.1 Å². The predicted molar refractivity (Wildman–Crippen MR) is 58.2 cm³/mol. The van der Waals surface area contributed by atoms with Crippen LogP contribution in [0.5, 0.6) is 0 Å². The topological polar surface area (TPSA) is 66.3 Å². The lowest BCUT2D eigenvalue weighted by Crippen LogP contribution is -2.40. The SMILES string of the molecule is O=C(c1cncc(Cl)n1)N1CCC(O)CC1. The van der Waals surface area contributed by atoms with Gasteiger partial charge in [-0.05, 0) is 12.8 Å². The Bertz CT molecular complexity index is 391. The molecule has 1 aliphatic rings. The lowest BCUT2D eigenvalue weighted by molar-refractivity contribution is 0.0541. The van der Waals surface area contributed by atoms with Crippen molar-refractivity contribution in [3.05, 3.63) is 23.2 Å². The van der Waals surface area contributed by atoms with Gasteiger partial charge < -0.3 is 10.0 Å². The van der Waals surface area contributed by atoms with Crippen molar-refractivity contribution >= 4 is 17.5 Å². The zero-order chi connectivity index (χ0) is 11.5. The van der Waals surface area contributed by atoms with Crippen LogP contribution >= 0.6 is 11.6 Å². The highest BCUT2D eigenvalue weighted by Gasteiger charge is 2.23. The molecule has 1 N–H and O–H groups in total. The second-order valence-electron chi connectivity index (χ2n) is 3.75. The molecule has 0 saturated carbocycles.